The molecule has 2 rings (SSSR count). The fourth-order valence-corrected chi connectivity index (χ4v) is 4.35. The Bertz CT molecular complexity index is 481. The van der Waals surface area contributed by atoms with Crippen molar-refractivity contribution in [1.29, 1.82) is 0 Å². The molecule has 2 N–H and O–H groups in total. The highest BCUT2D eigenvalue weighted by Crippen LogP contribution is 2.37. The van der Waals surface area contributed by atoms with E-state index >= 15 is 0 Å². The van der Waals surface area contributed by atoms with Gasteiger partial charge in [0.15, 0.2) is 0 Å². The summed E-state index contributed by atoms with van der Waals surface area (Å²) < 4.78 is 3.26. The molecule has 0 amide bonds. The second-order valence-electron chi connectivity index (χ2n) is 7.29. The van der Waals surface area contributed by atoms with Gasteiger partial charge in [-0.1, -0.05) is 26.7 Å². The third-order valence-electron chi connectivity index (χ3n) is 4.76. The minimum atomic E-state index is -0.0558. The van der Waals surface area contributed by atoms with Crippen molar-refractivity contribution in [1.82, 2.24) is 9.78 Å². The molecule has 0 aromatic carbocycles. The van der Waals surface area contributed by atoms with Crippen molar-refractivity contribution in [3.05, 3.63) is 15.9 Å². The third-order valence-corrected chi connectivity index (χ3v) is 5.79. The molecule has 0 aliphatic heterocycles. The molecule has 2 unspecified atom stereocenters. The first-order valence-corrected chi connectivity index (χ1v) is 9.14. The van der Waals surface area contributed by atoms with E-state index in [1.165, 1.54) is 25.0 Å². The lowest BCUT2D eigenvalue weighted by atomic mass is 9.72. The van der Waals surface area contributed by atoms with E-state index in [1.807, 2.05) is 0 Å². The number of rotatable bonds is 5. The van der Waals surface area contributed by atoms with Gasteiger partial charge in [-0.3, -0.25) is 4.68 Å². The van der Waals surface area contributed by atoms with Crippen molar-refractivity contribution < 1.29 is 0 Å². The minimum absolute atomic E-state index is 0.0558. The lowest BCUT2D eigenvalue weighted by Gasteiger charge is -2.39. The van der Waals surface area contributed by atoms with Crippen molar-refractivity contribution in [2.75, 3.05) is 0 Å². The molecule has 0 saturated heterocycles. The Hall–Kier alpha value is -0.350. The summed E-state index contributed by atoms with van der Waals surface area (Å²) in [6, 6.07) is 0. The second kappa shape index (κ2) is 6.82. The summed E-state index contributed by atoms with van der Waals surface area (Å²) in [5.41, 5.74) is 9.10. The SMILES string of the molecule is CCn1nc(C)c(Br)c1CC1(N)CCCC(CC(C)C)C1. The standard InChI is InChI=1S/C17H30BrN3/c1-5-21-15(16(18)13(4)20-21)11-17(19)8-6-7-14(10-17)9-12(2)3/h12,14H,5-11,19H2,1-4H3. The van der Waals surface area contributed by atoms with Gasteiger partial charge < -0.3 is 5.73 Å². The van der Waals surface area contributed by atoms with Crippen LogP contribution in [0.25, 0.3) is 0 Å². The Labute approximate surface area is 137 Å². The molecule has 1 aliphatic rings. The first kappa shape index (κ1) is 17.0. The van der Waals surface area contributed by atoms with Gasteiger partial charge >= 0.3 is 0 Å². The predicted molar refractivity (Wildman–Crippen MR) is 92.4 cm³/mol. The maximum atomic E-state index is 6.80. The molecule has 4 heteroatoms. The monoisotopic (exact) mass is 355 g/mol. The van der Waals surface area contributed by atoms with Gasteiger partial charge in [0.05, 0.1) is 15.9 Å². The lowest BCUT2D eigenvalue weighted by Crippen LogP contribution is -2.47. The smallest absolute Gasteiger partial charge is 0.0738 e. The van der Waals surface area contributed by atoms with Crippen LogP contribution in [-0.2, 0) is 13.0 Å². The minimum Gasteiger partial charge on any atom is -0.325 e. The molecule has 1 aromatic heterocycles. The first-order valence-electron chi connectivity index (χ1n) is 8.35. The topological polar surface area (TPSA) is 43.8 Å². The fourth-order valence-electron chi connectivity index (χ4n) is 3.92. The molecule has 120 valence electrons. The highest BCUT2D eigenvalue weighted by Gasteiger charge is 2.34. The normalized spacial score (nSPS) is 26.5. The molecule has 1 fully saturated rings. The van der Waals surface area contributed by atoms with Crippen LogP contribution >= 0.6 is 15.9 Å². The van der Waals surface area contributed by atoms with Gasteiger partial charge in [-0.15, -0.1) is 0 Å². The largest absolute Gasteiger partial charge is 0.325 e. The number of aryl methyl sites for hydroxylation is 2. The van der Waals surface area contributed by atoms with E-state index in [0.717, 1.165) is 47.8 Å². The van der Waals surface area contributed by atoms with Gasteiger partial charge in [0.1, 0.15) is 0 Å². The quantitative estimate of drug-likeness (QED) is 0.847. The molecular weight excluding hydrogens is 326 g/mol. The molecular formula is C17H30BrN3. The van der Waals surface area contributed by atoms with Crippen LogP contribution in [0.15, 0.2) is 4.47 Å². The number of hydrogen-bond donors (Lipinski definition) is 1. The zero-order chi connectivity index (χ0) is 15.6. The van der Waals surface area contributed by atoms with E-state index in [0.29, 0.717) is 0 Å². The summed E-state index contributed by atoms with van der Waals surface area (Å²) in [4.78, 5) is 0. The van der Waals surface area contributed by atoms with Crippen molar-refractivity contribution in [3.8, 4) is 0 Å². The molecule has 0 spiro atoms. The average Bonchev–Trinajstić information content (AvgIpc) is 2.65. The highest BCUT2D eigenvalue weighted by molar-refractivity contribution is 9.10. The number of halogens is 1. The molecule has 2 atom stereocenters. The van der Waals surface area contributed by atoms with Crippen LogP contribution in [0.4, 0.5) is 0 Å². The van der Waals surface area contributed by atoms with Crippen molar-refractivity contribution >= 4 is 15.9 Å². The van der Waals surface area contributed by atoms with Crippen LogP contribution < -0.4 is 5.73 Å². The van der Waals surface area contributed by atoms with Crippen LogP contribution in [-0.4, -0.2) is 15.3 Å². The Morgan fingerprint density at radius 1 is 1.48 bits per heavy atom. The van der Waals surface area contributed by atoms with E-state index in [2.05, 4.69) is 53.4 Å². The Balaban J connectivity index is 2.14. The van der Waals surface area contributed by atoms with E-state index < -0.39 is 0 Å². The van der Waals surface area contributed by atoms with Gasteiger partial charge in [0.25, 0.3) is 0 Å². The maximum absolute atomic E-state index is 6.80. The summed E-state index contributed by atoms with van der Waals surface area (Å²) in [5, 5.41) is 4.61. The molecule has 0 radical (unpaired) electrons. The van der Waals surface area contributed by atoms with Crippen molar-refractivity contribution in [2.24, 2.45) is 17.6 Å². The van der Waals surface area contributed by atoms with Crippen LogP contribution in [0.2, 0.25) is 0 Å². The molecule has 1 saturated carbocycles. The number of nitrogens with zero attached hydrogens (tertiary/aromatic N) is 2. The van der Waals surface area contributed by atoms with Gasteiger partial charge in [-0.05, 0) is 60.9 Å². The molecule has 21 heavy (non-hydrogen) atoms. The van der Waals surface area contributed by atoms with Crippen molar-refractivity contribution in [2.45, 2.75) is 78.3 Å². The Kier molecular flexibility index (Phi) is 5.53. The highest BCUT2D eigenvalue weighted by atomic mass is 79.9. The van der Waals surface area contributed by atoms with E-state index in [-0.39, 0.29) is 5.54 Å². The predicted octanol–water partition coefficient (Wildman–Crippen LogP) is 4.45. The van der Waals surface area contributed by atoms with Gasteiger partial charge in [-0.2, -0.15) is 5.10 Å². The Morgan fingerprint density at radius 2 is 2.19 bits per heavy atom. The fraction of sp³-hybridized carbons (Fsp3) is 0.824. The molecule has 3 nitrogen and oxygen atoms in total. The zero-order valence-electron chi connectivity index (χ0n) is 14.0. The summed E-state index contributed by atoms with van der Waals surface area (Å²) >= 11 is 3.71. The second-order valence-corrected chi connectivity index (χ2v) is 8.09. The van der Waals surface area contributed by atoms with Crippen LogP contribution in [0.5, 0.6) is 0 Å². The first-order chi connectivity index (χ1) is 9.84. The number of hydrogen-bond acceptors (Lipinski definition) is 2. The lowest BCUT2D eigenvalue weighted by molar-refractivity contribution is 0.197. The number of aromatic nitrogens is 2. The zero-order valence-corrected chi connectivity index (χ0v) is 15.5. The van der Waals surface area contributed by atoms with Crippen LogP contribution in [0, 0.1) is 18.8 Å². The van der Waals surface area contributed by atoms with Crippen molar-refractivity contribution in [3.63, 3.8) is 0 Å². The van der Waals surface area contributed by atoms with Crippen LogP contribution in [0.3, 0.4) is 0 Å². The van der Waals surface area contributed by atoms with Gasteiger partial charge in [-0.25, -0.2) is 0 Å². The molecule has 1 aromatic rings. The summed E-state index contributed by atoms with van der Waals surface area (Å²) in [6.07, 6.45) is 7.17. The van der Waals surface area contributed by atoms with E-state index in [4.69, 9.17) is 5.73 Å². The maximum Gasteiger partial charge on any atom is 0.0738 e. The van der Waals surface area contributed by atoms with Gasteiger partial charge in [0, 0.05) is 18.5 Å². The van der Waals surface area contributed by atoms with E-state index in [1.54, 1.807) is 0 Å². The molecule has 1 aliphatic carbocycles. The van der Waals surface area contributed by atoms with Gasteiger partial charge in [0.2, 0.25) is 0 Å². The molecule has 0 bridgehead atoms. The molecule has 1 heterocycles. The Morgan fingerprint density at radius 3 is 2.81 bits per heavy atom. The summed E-state index contributed by atoms with van der Waals surface area (Å²) in [7, 11) is 0. The summed E-state index contributed by atoms with van der Waals surface area (Å²) in [6.45, 7) is 9.75. The van der Waals surface area contributed by atoms with Crippen LogP contribution in [0.1, 0.15) is 64.3 Å². The van der Waals surface area contributed by atoms with E-state index in [9.17, 15) is 0 Å². The number of nitrogens with two attached hydrogens (primary N) is 1. The third kappa shape index (κ3) is 4.10. The average molecular weight is 356 g/mol. The summed E-state index contributed by atoms with van der Waals surface area (Å²) in [5.74, 6) is 1.56.